The van der Waals surface area contributed by atoms with E-state index in [1.807, 2.05) is 0 Å². The molecular weight excluding hydrogens is 689 g/mol. The van der Waals surface area contributed by atoms with Gasteiger partial charge in [-0.1, -0.05) is 27.5 Å². The molecule has 3 aromatic rings. The molecule has 3 amide bonds. The summed E-state index contributed by atoms with van der Waals surface area (Å²) in [4.78, 5) is 43.3. The number of hydrogen-bond acceptors (Lipinski definition) is 7. The van der Waals surface area contributed by atoms with Crippen LogP contribution in [0.4, 0.5) is 10.5 Å². The Labute approximate surface area is 236 Å². The number of hydrogen-bond donors (Lipinski definition) is 2. The van der Waals surface area contributed by atoms with Crippen LogP contribution < -0.4 is 11.1 Å². The van der Waals surface area contributed by atoms with E-state index in [1.165, 1.54) is 37.2 Å². The minimum Gasteiger partial charge on any atom is -0.452 e. The molecule has 0 atom stereocenters. The Balaban J connectivity index is 2.05. The fraction of sp³-hybridized carbons (Fsp3) is 0.190. The highest BCUT2D eigenvalue weighted by Gasteiger charge is 2.28. The monoisotopic (exact) mass is 705 g/mol. The topological polar surface area (TPSA) is 136 Å². The Morgan fingerprint density at radius 3 is 2.58 bits per heavy atom. The molecule has 1 aromatic carbocycles. The van der Waals surface area contributed by atoms with Crippen molar-refractivity contribution < 1.29 is 19.1 Å². The predicted molar refractivity (Wildman–Crippen MR) is 144 cm³/mol. The summed E-state index contributed by atoms with van der Waals surface area (Å²) < 4.78 is 7.33. The van der Waals surface area contributed by atoms with E-state index in [0.717, 1.165) is 10.0 Å². The number of nitrogens with one attached hydrogen (secondary N) is 1. The molecule has 0 bridgehead atoms. The summed E-state index contributed by atoms with van der Waals surface area (Å²) in [5, 5.41) is 9.42. The number of nitrogens with two attached hydrogens (primary N) is 1. The van der Waals surface area contributed by atoms with Crippen molar-refractivity contribution >= 4 is 83.0 Å². The van der Waals surface area contributed by atoms with Gasteiger partial charge in [-0.25, -0.2) is 24.5 Å². The van der Waals surface area contributed by atoms with E-state index in [0.29, 0.717) is 13.5 Å². The van der Waals surface area contributed by atoms with Gasteiger partial charge in [0.15, 0.2) is 5.82 Å². The van der Waals surface area contributed by atoms with Gasteiger partial charge in [0.2, 0.25) is 0 Å². The van der Waals surface area contributed by atoms with Gasteiger partial charge >= 0.3 is 6.09 Å². The van der Waals surface area contributed by atoms with Crippen molar-refractivity contribution in [2.45, 2.75) is 0 Å². The summed E-state index contributed by atoms with van der Waals surface area (Å²) in [7, 11) is 2.57. The fourth-order valence-electron chi connectivity index (χ4n) is 3.14. The van der Waals surface area contributed by atoms with Gasteiger partial charge in [-0.15, -0.1) is 0 Å². The Kier molecular flexibility index (Phi) is 9.47. The van der Waals surface area contributed by atoms with Crippen LogP contribution in [0.5, 0.6) is 0 Å². The third-order valence-corrected chi connectivity index (χ3v) is 6.52. The van der Waals surface area contributed by atoms with Crippen LogP contribution in [0.25, 0.3) is 5.82 Å². The number of anilines is 1. The lowest BCUT2D eigenvalue weighted by Gasteiger charge is -2.31. The van der Waals surface area contributed by atoms with E-state index in [-0.39, 0.29) is 40.9 Å². The van der Waals surface area contributed by atoms with Gasteiger partial charge in [-0.2, -0.15) is 5.10 Å². The molecule has 190 valence electrons. The average Bonchev–Trinajstić information content (AvgIpc) is 3.24. The molecule has 2 heterocycles. The van der Waals surface area contributed by atoms with Crippen molar-refractivity contribution in [3.8, 4) is 5.82 Å². The van der Waals surface area contributed by atoms with Gasteiger partial charge in [-0.3, -0.25) is 9.59 Å². The number of amides is 3. The average molecular weight is 709 g/mol. The molecule has 0 fully saturated rings. The normalized spacial score (nSPS) is 10.6. The molecule has 0 saturated carbocycles. The van der Waals surface area contributed by atoms with Gasteiger partial charge in [-0.05, 0) is 56.1 Å². The summed E-state index contributed by atoms with van der Waals surface area (Å²) in [5.41, 5.74) is 6.01. The molecule has 0 aliphatic carbocycles. The second kappa shape index (κ2) is 12.1. The van der Waals surface area contributed by atoms with Crippen molar-refractivity contribution in [2.24, 2.45) is 5.73 Å². The van der Waals surface area contributed by atoms with Crippen molar-refractivity contribution in [3.05, 3.63) is 66.4 Å². The van der Waals surface area contributed by atoms with Crippen molar-refractivity contribution in [3.63, 3.8) is 0 Å². The fourth-order valence-corrected chi connectivity index (χ4v) is 5.04. The molecule has 3 rings (SSSR count). The van der Waals surface area contributed by atoms with E-state index < -0.39 is 17.9 Å². The highest BCUT2D eigenvalue weighted by molar-refractivity contribution is 9.11. The lowest BCUT2D eigenvalue weighted by atomic mass is 10.1. The third kappa shape index (κ3) is 6.06. The molecule has 3 N–H and O–H groups in total. The summed E-state index contributed by atoms with van der Waals surface area (Å²) in [6, 6.07) is 7.93. The molecular formula is C21H19Br3ClN7O4. The maximum absolute atomic E-state index is 13.6. The zero-order chi connectivity index (χ0) is 26.6. The molecule has 2 aromatic heterocycles. The molecule has 0 saturated heterocycles. The number of benzene rings is 1. The highest BCUT2D eigenvalue weighted by Crippen LogP contribution is 2.33. The smallest absolute Gasteiger partial charge is 0.428 e. The SMILES string of the molecule is COC(=O)N(C)N(CCN)C(=O)c1cc(Br)cc(Br)c1NC(=O)c1cc(Br)nn1-c1ncccc1Cl. The van der Waals surface area contributed by atoms with E-state index in [1.54, 1.807) is 18.2 Å². The second-order valence-corrected chi connectivity index (χ2v) is 10.0. The van der Waals surface area contributed by atoms with Gasteiger partial charge in [0.1, 0.15) is 10.3 Å². The molecule has 0 unspecified atom stereocenters. The highest BCUT2D eigenvalue weighted by atomic mass is 79.9. The lowest BCUT2D eigenvalue weighted by Crippen LogP contribution is -2.49. The number of carbonyl (C=O) groups excluding carboxylic acids is 3. The molecule has 0 aliphatic rings. The first-order valence-corrected chi connectivity index (χ1v) is 12.8. The van der Waals surface area contributed by atoms with Crippen molar-refractivity contribution in [1.29, 1.82) is 0 Å². The first-order chi connectivity index (χ1) is 17.1. The zero-order valence-corrected chi connectivity index (χ0v) is 24.4. The standard InChI is InChI=1S/C21H19Br3ClN7O4/c1-30(21(35)36-2)31(7-5-26)20(34)12-8-11(22)9-13(23)17(12)28-19(33)15-10-16(24)29-32(15)18-14(25)4-3-6-27-18/h3-4,6,8-10H,5,7,26H2,1-2H3,(H,28,33). The van der Waals surface area contributed by atoms with E-state index in [2.05, 4.69) is 63.2 Å². The van der Waals surface area contributed by atoms with Crippen LogP contribution in [0.1, 0.15) is 20.8 Å². The zero-order valence-electron chi connectivity index (χ0n) is 18.8. The van der Waals surface area contributed by atoms with Crippen LogP contribution in [-0.2, 0) is 4.74 Å². The number of ether oxygens (including phenoxy) is 1. The minimum absolute atomic E-state index is 0.0137. The third-order valence-electron chi connectivity index (χ3n) is 4.75. The van der Waals surface area contributed by atoms with Gasteiger partial charge < -0.3 is 15.8 Å². The second-order valence-electron chi connectivity index (χ2n) is 7.05. The quantitative estimate of drug-likeness (QED) is 0.361. The molecule has 11 nitrogen and oxygen atoms in total. The van der Waals surface area contributed by atoms with Crippen LogP contribution in [0.2, 0.25) is 5.02 Å². The van der Waals surface area contributed by atoms with Gasteiger partial charge in [0.25, 0.3) is 11.8 Å². The van der Waals surface area contributed by atoms with Gasteiger partial charge in [0, 0.05) is 34.8 Å². The van der Waals surface area contributed by atoms with E-state index in [9.17, 15) is 14.4 Å². The Morgan fingerprint density at radius 1 is 1.22 bits per heavy atom. The minimum atomic E-state index is -0.766. The van der Waals surface area contributed by atoms with Crippen LogP contribution in [0.3, 0.4) is 0 Å². The summed E-state index contributed by atoms with van der Waals surface area (Å²) in [6.07, 6.45) is 0.752. The van der Waals surface area contributed by atoms with Crippen LogP contribution in [0, 0.1) is 0 Å². The number of rotatable bonds is 6. The van der Waals surface area contributed by atoms with E-state index in [4.69, 9.17) is 22.1 Å². The number of pyridine rings is 1. The molecule has 0 aliphatic heterocycles. The van der Waals surface area contributed by atoms with Gasteiger partial charge in [0.05, 0.1) is 29.9 Å². The molecule has 0 radical (unpaired) electrons. The largest absolute Gasteiger partial charge is 0.452 e. The molecule has 0 spiro atoms. The molecule has 36 heavy (non-hydrogen) atoms. The number of aromatic nitrogens is 3. The van der Waals surface area contributed by atoms with Crippen molar-refractivity contribution in [1.82, 2.24) is 24.8 Å². The first kappa shape index (κ1) is 28.1. The molecule has 15 heteroatoms. The maximum Gasteiger partial charge on any atom is 0.428 e. The Morgan fingerprint density at radius 2 is 1.94 bits per heavy atom. The number of nitrogens with zero attached hydrogens (tertiary/aromatic N) is 5. The number of hydrazine groups is 1. The first-order valence-electron chi connectivity index (χ1n) is 10.1. The van der Waals surface area contributed by atoms with Crippen LogP contribution in [-0.4, -0.2) is 69.9 Å². The Hall–Kier alpha value is -2.52. The summed E-state index contributed by atoms with van der Waals surface area (Å²) >= 11 is 16.3. The summed E-state index contributed by atoms with van der Waals surface area (Å²) in [6.45, 7) is 0.0852. The Bertz CT molecular complexity index is 1320. The van der Waals surface area contributed by atoms with Crippen molar-refractivity contribution in [2.75, 3.05) is 32.6 Å². The van der Waals surface area contributed by atoms with Crippen LogP contribution >= 0.6 is 59.4 Å². The lowest BCUT2D eigenvalue weighted by molar-refractivity contribution is 0.00804. The number of methoxy groups -OCH3 is 1. The predicted octanol–water partition coefficient (Wildman–Crippen LogP) is 4.47. The number of halogens is 4. The number of carbonyl (C=O) groups is 3. The van der Waals surface area contributed by atoms with Crippen LogP contribution in [0.15, 0.2) is 50.1 Å². The summed E-state index contributed by atoms with van der Waals surface area (Å²) in [5.74, 6) is -0.957. The maximum atomic E-state index is 13.6. The van der Waals surface area contributed by atoms with E-state index >= 15 is 0 Å².